The molecule has 2 amide bonds. The molecule has 1 aromatic heterocycles. The van der Waals surface area contributed by atoms with Crippen LogP contribution in [0.15, 0.2) is 66.3 Å². The molecule has 0 aliphatic carbocycles. The highest BCUT2D eigenvalue weighted by Gasteiger charge is 2.17. The maximum atomic E-state index is 12.5. The van der Waals surface area contributed by atoms with Gasteiger partial charge in [-0.25, -0.2) is 0 Å². The van der Waals surface area contributed by atoms with E-state index in [-0.39, 0.29) is 24.0 Å². The zero-order valence-corrected chi connectivity index (χ0v) is 18.5. The summed E-state index contributed by atoms with van der Waals surface area (Å²) < 4.78 is 1.78. The summed E-state index contributed by atoms with van der Waals surface area (Å²) in [5.74, 6) is 0.209. The van der Waals surface area contributed by atoms with Gasteiger partial charge in [-0.05, 0) is 30.7 Å². The van der Waals surface area contributed by atoms with Crippen molar-refractivity contribution >= 4 is 46.6 Å². The molecular weight excluding hydrogens is 434 g/mol. The van der Waals surface area contributed by atoms with Crippen LogP contribution in [0.2, 0.25) is 5.02 Å². The first-order chi connectivity index (χ1) is 15.0. The number of rotatable bonds is 9. The number of aryl methyl sites for hydroxylation is 1. The third kappa shape index (κ3) is 6.19. The number of anilines is 2. The Labute approximate surface area is 189 Å². The molecule has 3 rings (SSSR count). The van der Waals surface area contributed by atoms with Crippen molar-refractivity contribution in [2.24, 2.45) is 0 Å². The molecule has 1 heterocycles. The van der Waals surface area contributed by atoms with E-state index >= 15 is 0 Å². The average molecular weight is 456 g/mol. The largest absolute Gasteiger partial charge is 0.325 e. The fraction of sp³-hybridized carbons (Fsp3) is 0.182. The number of benzene rings is 2. The van der Waals surface area contributed by atoms with E-state index < -0.39 is 0 Å². The number of para-hydroxylation sites is 2. The van der Waals surface area contributed by atoms with Crippen LogP contribution in [0.3, 0.4) is 0 Å². The van der Waals surface area contributed by atoms with Gasteiger partial charge in [0.1, 0.15) is 5.82 Å². The van der Waals surface area contributed by atoms with Crippen molar-refractivity contribution in [3.8, 4) is 0 Å². The van der Waals surface area contributed by atoms with E-state index in [1.165, 1.54) is 11.8 Å². The van der Waals surface area contributed by atoms with Crippen molar-refractivity contribution in [3.63, 3.8) is 0 Å². The summed E-state index contributed by atoms with van der Waals surface area (Å²) in [7, 11) is 0. The van der Waals surface area contributed by atoms with Crippen LogP contribution in [0.1, 0.15) is 11.4 Å². The van der Waals surface area contributed by atoms with E-state index in [0.29, 0.717) is 28.2 Å². The van der Waals surface area contributed by atoms with E-state index in [0.717, 1.165) is 11.3 Å². The topological polar surface area (TPSA) is 88.9 Å². The zero-order valence-electron chi connectivity index (χ0n) is 17.0. The predicted octanol–water partition coefficient (Wildman–Crippen LogP) is 4.34. The second-order valence-electron chi connectivity index (χ2n) is 6.65. The summed E-state index contributed by atoms with van der Waals surface area (Å²) in [6, 6.07) is 14.6. The lowest BCUT2D eigenvalue weighted by atomic mass is 10.2. The molecular formula is C22H22ClN5O2S. The van der Waals surface area contributed by atoms with Crippen molar-refractivity contribution < 1.29 is 9.59 Å². The molecule has 0 unspecified atom stereocenters. The molecule has 0 spiro atoms. The molecule has 7 nitrogen and oxygen atoms in total. The Hall–Kier alpha value is -3.10. The molecule has 9 heteroatoms. The van der Waals surface area contributed by atoms with Crippen molar-refractivity contribution in [2.75, 3.05) is 16.4 Å². The lowest BCUT2D eigenvalue weighted by Crippen LogP contribution is -2.18. The third-order valence-electron chi connectivity index (χ3n) is 4.32. The van der Waals surface area contributed by atoms with Gasteiger partial charge in [0.2, 0.25) is 11.8 Å². The van der Waals surface area contributed by atoms with Crippen LogP contribution >= 0.6 is 23.4 Å². The fourth-order valence-corrected chi connectivity index (χ4v) is 3.75. The average Bonchev–Trinajstić information content (AvgIpc) is 3.11. The first kappa shape index (κ1) is 22.6. The molecule has 0 fully saturated rings. The Morgan fingerprint density at radius 3 is 2.45 bits per heavy atom. The number of nitrogens with zero attached hydrogens (tertiary/aromatic N) is 3. The summed E-state index contributed by atoms with van der Waals surface area (Å²) in [5.41, 5.74) is 2.29. The van der Waals surface area contributed by atoms with Gasteiger partial charge in [-0.3, -0.25) is 9.59 Å². The number of thioether (sulfide) groups is 1. The highest BCUT2D eigenvalue weighted by Crippen LogP contribution is 2.22. The van der Waals surface area contributed by atoms with Gasteiger partial charge in [0.05, 0.1) is 22.9 Å². The van der Waals surface area contributed by atoms with Gasteiger partial charge in [0, 0.05) is 12.2 Å². The quantitative estimate of drug-likeness (QED) is 0.370. The second kappa shape index (κ2) is 10.8. The summed E-state index contributed by atoms with van der Waals surface area (Å²) in [5, 5.41) is 15.0. The lowest BCUT2D eigenvalue weighted by Gasteiger charge is -2.10. The number of carbonyl (C=O) groups excluding carboxylic acids is 2. The second-order valence-corrected chi connectivity index (χ2v) is 8.00. The van der Waals surface area contributed by atoms with Crippen LogP contribution in [0, 0.1) is 6.92 Å². The van der Waals surface area contributed by atoms with Crippen molar-refractivity contribution in [1.82, 2.24) is 14.8 Å². The fourth-order valence-electron chi connectivity index (χ4n) is 2.80. The van der Waals surface area contributed by atoms with E-state index in [1.54, 1.807) is 34.9 Å². The molecule has 3 aromatic rings. The lowest BCUT2D eigenvalue weighted by molar-refractivity contribution is -0.116. The van der Waals surface area contributed by atoms with Crippen LogP contribution < -0.4 is 10.6 Å². The van der Waals surface area contributed by atoms with Crippen LogP contribution in [0.5, 0.6) is 0 Å². The van der Waals surface area contributed by atoms with Gasteiger partial charge < -0.3 is 15.2 Å². The summed E-state index contributed by atoms with van der Waals surface area (Å²) in [6.07, 6.45) is 1.75. The molecule has 0 bridgehead atoms. The highest BCUT2D eigenvalue weighted by molar-refractivity contribution is 7.99. The molecule has 160 valence electrons. The monoisotopic (exact) mass is 455 g/mol. The Morgan fingerprint density at radius 2 is 1.74 bits per heavy atom. The predicted molar refractivity (Wildman–Crippen MR) is 125 cm³/mol. The van der Waals surface area contributed by atoms with Crippen LogP contribution in [-0.2, 0) is 22.6 Å². The van der Waals surface area contributed by atoms with Crippen LogP contribution in [0.25, 0.3) is 0 Å². The first-order valence-corrected chi connectivity index (χ1v) is 10.9. The van der Waals surface area contributed by atoms with Crippen molar-refractivity contribution in [2.45, 2.75) is 25.0 Å². The highest BCUT2D eigenvalue weighted by atomic mass is 35.5. The maximum Gasteiger partial charge on any atom is 0.234 e. The van der Waals surface area contributed by atoms with Gasteiger partial charge in [-0.15, -0.1) is 16.8 Å². The number of hydrogen-bond donors (Lipinski definition) is 2. The molecule has 2 aromatic carbocycles. The Balaban J connectivity index is 1.63. The van der Waals surface area contributed by atoms with E-state index in [2.05, 4.69) is 27.4 Å². The standard InChI is InChI=1S/C22H22ClN5O2S/c1-3-12-28-19(13-20(29)24-17-10-6-4-8-15(17)2)26-27-22(28)31-14-21(30)25-18-11-7-5-9-16(18)23/h3-11H,1,12-14H2,2H3,(H,24,29)(H,25,30). The smallest absolute Gasteiger partial charge is 0.234 e. The number of allylic oxidation sites excluding steroid dienone is 1. The summed E-state index contributed by atoms with van der Waals surface area (Å²) in [6.45, 7) is 6.11. The molecule has 31 heavy (non-hydrogen) atoms. The Bertz CT molecular complexity index is 1100. The Morgan fingerprint density at radius 1 is 1.06 bits per heavy atom. The van der Waals surface area contributed by atoms with Gasteiger partial charge in [-0.2, -0.15) is 0 Å². The van der Waals surface area contributed by atoms with Gasteiger partial charge >= 0.3 is 0 Å². The molecule has 0 saturated carbocycles. The number of nitrogens with one attached hydrogen (secondary N) is 2. The van der Waals surface area contributed by atoms with Gasteiger partial charge in [-0.1, -0.05) is 59.8 Å². The molecule has 2 N–H and O–H groups in total. The molecule has 0 aliphatic heterocycles. The molecule has 0 radical (unpaired) electrons. The summed E-state index contributed by atoms with van der Waals surface area (Å²) >= 11 is 7.30. The molecule has 0 aliphatic rings. The summed E-state index contributed by atoms with van der Waals surface area (Å²) in [4.78, 5) is 24.8. The number of carbonyl (C=O) groups is 2. The number of amides is 2. The van der Waals surface area contributed by atoms with Gasteiger partial charge in [0.15, 0.2) is 5.16 Å². The van der Waals surface area contributed by atoms with Crippen LogP contribution in [-0.4, -0.2) is 32.3 Å². The van der Waals surface area contributed by atoms with Crippen LogP contribution in [0.4, 0.5) is 11.4 Å². The minimum Gasteiger partial charge on any atom is -0.325 e. The molecule has 0 atom stereocenters. The third-order valence-corrected chi connectivity index (χ3v) is 5.62. The van der Waals surface area contributed by atoms with E-state index in [4.69, 9.17) is 11.6 Å². The molecule has 0 saturated heterocycles. The number of hydrogen-bond acceptors (Lipinski definition) is 5. The SMILES string of the molecule is C=CCn1c(CC(=O)Nc2ccccc2C)nnc1SCC(=O)Nc1ccccc1Cl. The Kier molecular flexibility index (Phi) is 7.86. The van der Waals surface area contributed by atoms with E-state index in [1.807, 2.05) is 31.2 Å². The zero-order chi connectivity index (χ0) is 22.2. The minimum atomic E-state index is -0.218. The van der Waals surface area contributed by atoms with Gasteiger partial charge in [0.25, 0.3) is 0 Å². The number of aromatic nitrogens is 3. The van der Waals surface area contributed by atoms with E-state index in [9.17, 15) is 9.59 Å². The minimum absolute atomic E-state index is 0.0571. The first-order valence-electron chi connectivity index (χ1n) is 9.53. The normalized spacial score (nSPS) is 10.5. The maximum absolute atomic E-state index is 12.5. The number of halogens is 1. The van der Waals surface area contributed by atoms with Crippen molar-refractivity contribution in [1.29, 1.82) is 0 Å². The van der Waals surface area contributed by atoms with Crippen molar-refractivity contribution in [3.05, 3.63) is 77.6 Å².